The van der Waals surface area contributed by atoms with Crippen LogP contribution >= 0.6 is 0 Å². The van der Waals surface area contributed by atoms with E-state index in [4.69, 9.17) is 0 Å². The molecule has 0 aliphatic carbocycles. The number of carbonyl (C=O) groups excluding carboxylic acids is 2. The number of benzene rings is 1. The average Bonchev–Trinajstić information content (AvgIpc) is 2.63. The van der Waals surface area contributed by atoms with Crippen molar-refractivity contribution in [2.24, 2.45) is 0 Å². The fourth-order valence-corrected chi connectivity index (χ4v) is 3.23. The van der Waals surface area contributed by atoms with Crippen molar-refractivity contribution in [3.63, 3.8) is 0 Å². The van der Waals surface area contributed by atoms with E-state index in [2.05, 4.69) is 10.3 Å². The summed E-state index contributed by atoms with van der Waals surface area (Å²) < 4.78 is 0. The molecule has 1 aliphatic rings. The predicted molar refractivity (Wildman–Crippen MR) is 91.1 cm³/mol. The third-order valence-corrected chi connectivity index (χ3v) is 4.57. The minimum Gasteiger partial charge on any atom is -0.355 e. The van der Waals surface area contributed by atoms with Crippen molar-refractivity contribution in [3.05, 3.63) is 66.0 Å². The summed E-state index contributed by atoms with van der Waals surface area (Å²) in [5.41, 5.74) is 1.08. The van der Waals surface area contributed by atoms with Crippen LogP contribution in [0.15, 0.2) is 54.7 Å². The molecule has 5 nitrogen and oxygen atoms in total. The monoisotopic (exact) mass is 323 g/mol. The number of carbonyl (C=O) groups is 2. The van der Waals surface area contributed by atoms with Gasteiger partial charge in [0.1, 0.15) is 0 Å². The second-order valence-electron chi connectivity index (χ2n) is 6.21. The van der Waals surface area contributed by atoms with Gasteiger partial charge < -0.3 is 10.2 Å². The van der Waals surface area contributed by atoms with E-state index in [-0.39, 0.29) is 11.8 Å². The summed E-state index contributed by atoms with van der Waals surface area (Å²) in [6.45, 7) is 0.781. The van der Waals surface area contributed by atoms with Gasteiger partial charge in [0.2, 0.25) is 11.8 Å². The molecule has 1 aromatic carbocycles. The molecule has 2 heterocycles. The fraction of sp³-hybridized carbons (Fsp3) is 0.316. The Morgan fingerprint density at radius 1 is 1.21 bits per heavy atom. The first-order chi connectivity index (χ1) is 11.6. The predicted octanol–water partition coefficient (Wildman–Crippen LogP) is 1.89. The van der Waals surface area contributed by atoms with Gasteiger partial charge in [0.05, 0.1) is 17.7 Å². The van der Waals surface area contributed by atoms with Gasteiger partial charge in [-0.3, -0.25) is 14.6 Å². The molecular weight excluding hydrogens is 302 g/mol. The van der Waals surface area contributed by atoms with Crippen LogP contribution in [0, 0.1) is 0 Å². The lowest BCUT2D eigenvalue weighted by molar-refractivity contribution is -0.139. The van der Waals surface area contributed by atoms with Gasteiger partial charge in [0.15, 0.2) is 0 Å². The van der Waals surface area contributed by atoms with E-state index in [0.29, 0.717) is 25.9 Å². The van der Waals surface area contributed by atoms with Crippen LogP contribution in [0.3, 0.4) is 0 Å². The first kappa shape index (κ1) is 16.2. The van der Waals surface area contributed by atoms with Crippen LogP contribution in [0.5, 0.6) is 0 Å². The SMILES string of the molecule is CN(Cc1ccccn1)C(=O)C1(c2ccccc2)CCC(=O)NC1. The van der Waals surface area contributed by atoms with Gasteiger partial charge in [-0.25, -0.2) is 0 Å². The zero-order valence-corrected chi connectivity index (χ0v) is 13.7. The van der Waals surface area contributed by atoms with Gasteiger partial charge in [-0.2, -0.15) is 0 Å². The number of nitrogens with one attached hydrogen (secondary N) is 1. The van der Waals surface area contributed by atoms with Crippen LogP contribution < -0.4 is 5.32 Å². The van der Waals surface area contributed by atoms with Gasteiger partial charge >= 0.3 is 0 Å². The van der Waals surface area contributed by atoms with Crippen molar-refractivity contribution in [3.8, 4) is 0 Å². The number of nitrogens with zero attached hydrogens (tertiary/aromatic N) is 2. The molecule has 0 spiro atoms. The maximum Gasteiger partial charge on any atom is 0.235 e. The van der Waals surface area contributed by atoms with Crippen molar-refractivity contribution < 1.29 is 9.59 Å². The molecule has 2 aromatic rings. The smallest absolute Gasteiger partial charge is 0.235 e. The number of pyridine rings is 1. The lowest BCUT2D eigenvalue weighted by Gasteiger charge is -2.39. The van der Waals surface area contributed by atoms with E-state index in [1.54, 1.807) is 18.1 Å². The number of likely N-dealkylation sites (N-methyl/N-ethyl adjacent to an activating group) is 1. The lowest BCUT2D eigenvalue weighted by Crippen LogP contribution is -2.55. The van der Waals surface area contributed by atoms with Crippen LogP contribution in [-0.2, 0) is 21.5 Å². The molecular formula is C19H21N3O2. The Labute approximate surface area is 141 Å². The minimum atomic E-state index is -0.710. The largest absolute Gasteiger partial charge is 0.355 e. The summed E-state index contributed by atoms with van der Waals surface area (Å²) in [5.74, 6) is 0.0149. The highest BCUT2D eigenvalue weighted by Gasteiger charge is 2.44. The molecule has 24 heavy (non-hydrogen) atoms. The number of rotatable bonds is 4. The molecule has 0 radical (unpaired) electrons. The molecule has 1 aliphatic heterocycles. The third kappa shape index (κ3) is 3.15. The van der Waals surface area contributed by atoms with Gasteiger partial charge in [0.25, 0.3) is 0 Å². The van der Waals surface area contributed by atoms with Crippen LogP contribution in [0.2, 0.25) is 0 Å². The highest BCUT2D eigenvalue weighted by molar-refractivity contribution is 5.91. The molecule has 5 heteroatoms. The quantitative estimate of drug-likeness (QED) is 0.934. The number of amides is 2. The lowest BCUT2D eigenvalue weighted by atomic mass is 9.73. The molecule has 2 amide bonds. The van der Waals surface area contributed by atoms with Gasteiger partial charge in [-0.15, -0.1) is 0 Å². The zero-order valence-electron chi connectivity index (χ0n) is 13.7. The molecule has 124 valence electrons. The van der Waals surface area contributed by atoms with Crippen LogP contribution in [0.1, 0.15) is 24.1 Å². The molecule has 1 fully saturated rings. The fourth-order valence-electron chi connectivity index (χ4n) is 3.23. The molecule has 3 rings (SSSR count). The Kier molecular flexibility index (Phi) is 4.60. The molecule has 1 aromatic heterocycles. The van der Waals surface area contributed by atoms with Crippen molar-refractivity contribution in [2.75, 3.05) is 13.6 Å². The van der Waals surface area contributed by atoms with Crippen LogP contribution in [0.25, 0.3) is 0 Å². The number of aromatic nitrogens is 1. The maximum atomic E-state index is 13.3. The van der Waals surface area contributed by atoms with E-state index >= 15 is 0 Å². The first-order valence-electron chi connectivity index (χ1n) is 8.09. The number of hydrogen-bond donors (Lipinski definition) is 1. The van der Waals surface area contributed by atoms with E-state index < -0.39 is 5.41 Å². The third-order valence-electron chi connectivity index (χ3n) is 4.57. The van der Waals surface area contributed by atoms with Crippen LogP contribution in [-0.4, -0.2) is 35.3 Å². The summed E-state index contributed by atoms with van der Waals surface area (Å²) in [5, 5.41) is 2.87. The second-order valence-corrected chi connectivity index (χ2v) is 6.21. The first-order valence-corrected chi connectivity index (χ1v) is 8.09. The Bertz CT molecular complexity index is 706. The Morgan fingerprint density at radius 3 is 2.58 bits per heavy atom. The summed E-state index contributed by atoms with van der Waals surface area (Å²) in [7, 11) is 1.79. The molecule has 1 unspecified atom stereocenters. The minimum absolute atomic E-state index is 0.00161. The zero-order chi connectivity index (χ0) is 17.0. The topological polar surface area (TPSA) is 62.3 Å². The van der Waals surface area contributed by atoms with E-state index in [1.807, 2.05) is 48.5 Å². The van der Waals surface area contributed by atoms with Crippen molar-refractivity contribution in [2.45, 2.75) is 24.8 Å². The van der Waals surface area contributed by atoms with E-state index in [9.17, 15) is 9.59 Å². The molecule has 1 N–H and O–H groups in total. The van der Waals surface area contributed by atoms with E-state index in [1.165, 1.54) is 0 Å². The average molecular weight is 323 g/mol. The van der Waals surface area contributed by atoms with E-state index in [0.717, 1.165) is 11.3 Å². The van der Waals surface area contributed by atoms with Crippen molar-refractivity contribution in [1.29, 1.82) is 0 Å². The summed E-state index contributed by atoms with van der Waals surface area (Å²) in [6.07, 6.45) is 2.60. The molecule has 1 saturated heterocycles. The second kappa shape index (κ2) is 6.83. The maximum absolute atomic E-state index is 13.3. The highest BCUT2D eigenvalue weighted by Crippen LogP contribution is 2.33. The Hall–Kier alpha value is -2.69. The Morgan fingerprint density at radius 2 is 1.96 bits per heavy atom. The van der Waals surface area contributed by atoms with Gasteiger partial charge in [-0.05, 0) is 24.1 Å². The summed E-state index contributed by atoms with van der Waals surface area (Å²) in [6, 6.07) is 15.4. The van der Waals surface area contributed by atoms with Gasteiger partial charge in [0, 0.05) is 26.2 Å². The molecule has 1 atom stereocenters. The number of hydrogen-bond acceptors (Lipinski definition) is 3. The highest BCUT2D eigenvalue weighted by atomic mass is 16.2. The summed E-state index contributed by atoms with van der Waals surface area (Å²) >= 11 is 0. The standard InChI is InChI=1S/C19H21N3O2/c1-22(13-16-9-5-6-12-20-16)18(24)19(11-10-17(23)21-14-19)15-7-3-2-4-8-15/h2-9,12H,10-11,13-14H2,1H3,(H,21,23). The van der Waals surface area contributed by atoms with Crippen LogP contribution in [0.4, 0.5) is 0 Å². The molecule has 0 saturated carbocycles. The van der Waals surface area contributed by atoms with Crippen molar-refractivity contribution in [1.82, 2.24) is 15.2 Å². The van der Waals surface area contributed by atoms with Gasteiger partial charge in [-0.1, -0.05) is 36.4 Å². The Balaban J connectivity index is 1.88. The van der Waals surface area contributed by atoms with Crippen molar-refractivity contribution >= 4 is 11.8 Å². The number of piperidine rings is 1. The molecule has 0 bridgehead atoms. The summed E-state index contributed by atoms with van der Waals surface area (Å²) in [4.78, 5) is 30.9. The normalized spacial score (nSPS) is 20.3.